The number of rotatable bonds is 6. The highest BCUT2D eigenvalue weighted by Crippen LogP contribution is 2.12. The fourth-order valence-electron chi connectivity index (χ4n) is 1.62. The molecule has 0 bridgehead atoms. The number of carbonyl (C=O) groups is 1. The Hall–Kier alpha value is -0.350. The molecule has 0 aliphatic rings. The number of amides is 1. The first-order valence-electron chi connectivity index (χ1n) is 5.75. The lowest BCUT2D eigenvalue weighted by molar-refractivity contribution is -0.121. The van der Waals surface area contributed by atoms with E-state index in [1.807, 2.05) is 24.3 Å². The van der Waals surface area contributed by atoms with E-state index >= 15 is 0 Å². The van der Waals surface area contributed by atoms with Crippen molar-refractivity contribution in [3.8, 4) is 0 Å². The molecule has 0 spiro atoms. The molecule has 4 heteroatoms. The van der Waals surface area contributed by atoms with E-state index in [4.69, 9.17) is 0 Å². The van der Waals surface area contributed by atoms with Gasteiger partial charge in [0.25, 0.3) is 0 Å². The summed E-state index contributed by atoms with van der Waals surface area (Å²) in [6.45, 7) is 2.09. The predicted octanol–water partition coefficient (Wildman–Crippen LogP) is 3.67. The fourth-order valence-corrected chi connectivity index (χ4v) is 2.62. The second-order valence-corrected chi connectivity index (χ2v) is 5.67. The number of benzene rings is 1. The van der Waals surface area contributed by atoms with Crippen molar-refractivity contribution in [1.82, 2.24) is 5.32 Å². The molecular formula is C13H17Br2NO. The van der Waals surface area contributed by atoms with Crippen LogP contribution < -0.4 is 5.32 Å². The summed E-state index contributed by atoms with van der Waals surface area (Å²) in [5.41, 5.74) is 1.03. The molecule has 0 saturated carbocycles. The summed E-state index contributed by atoms with van der Waals surface area (Å²) in [5, 5.41) is 3.97. The number of hydrogen-bond donors (Lipinski definition) is 1. The number of alkyl halides is 1. The largest absolute Gasteiger partial charge is 0.353 e. The molecule has 1 N–H and O–H groups in total. The first-order chi connectivity index (χ1) is 8.15. The van der Waals surface area contributed by atoms with E-state index in [1.54, 1.807) is 0 Å². The van der Waals surface area contributed by atoms with Gasteiger partial charge in [0.1, 0.15) is 0 Å². The summed E-state index contributed by atoms with van der Waals surface area (Å²) < 4.78 is 1.01. The minimum absolute atomic E-state index is 0.0934. The molecule has 0 fully saturated rings. The molecule has 1 aromatic carbocycles. The van der Waals surface area contributed by atoms with Gasteiger partial charge in [-0.3, -0.25) is 4.79 Å². The maximum absolute atomic E-state index is 11.8. The van der Waals surface area contributed by atoms with Crippen molar-refractivity contribution in [3.05, 3.63) is 34.3 Å². The molecule has 1 aromatic rings. The summed E-state index contributed by atoms with van der Waals surface area (Å²) >= 11 is 6.80. The second kappa shape index (κ2) is 7.88. The van der Waals surface area contributed by atoms with Gasteiger partial charge in [0.2, 0.25) is 5.91 Å². The van der Waals surface area contributed by atoms with Crippen LogP contribution in [0.2, 0.25) is 0 Å². The Labute approximate surface area is 119 Å². The van der Waals surface area contributed by atoms with Gasteiger partial charge < -0.3 is 5.32 Å². The molecule has 2 nitrogen and oxygen atoms in total. The Morgan fingerprint density at radius 1 is 1.47 bits per heavy atom. The van der Waals surface area contributed by atoms with Crippen molar-refractivity contribution < 1.29 is 4.79 Å². The van der Waals surface area contributed by atoms with Gasteiger partial charge in [-0.15, -0.1) is 0 Å². The van der Waals surface area contributed by atoms with Crippen LogP contribution in [0.1, 0.15) is 25.3 Å². The van der Waals surface area contributed by atoms with E-state index in [0.29, 0.717) is 6.42 Å². The molecule has 1 atom stereocenters. The van der Waals surface area contributed by atoms with E-state index in [0.717, 1.165) is 28.2 Å². The third-order valence-corrected chi connectivity index (χ3v) is 3.52. The Morgan fingerprint density at radius 3 is 2.82 bits per heavy atom. The molecular weight excluding hydrogens is 346 g/mol. The minimum atomic E-state index is 0.0934. The van der Waals surface area contributed by atoms with E-state index < -0.39 is 0 Å². The minimum Gasteiger partial charge on any atom is -0.353 e. The highest BCUT2D eigenvalue weighted by Gasteiger charge is 2.10. The Bertz CT molecular complexity index is 368. The molecule has 0 aliphatic carbocycles. The van der Waals surface area contributed by atoms with Crippen LogP contribution in [0.4, 0.5) is 0 Å². The van der Waals surface area contributed by atoms with Gasteiger partial charge in [0.05, 0.1) is 6.42 Å². The molecule has 0 radical (unpaired) electrons. The molecule has 0 heterocycles. The average molecular weight is 363 g/mol. The predicted molar refractivity (Wildman–Crippen MR) is 78.5 cm³/mol. The van der Waals surface area contributed by atoms with Gasteiger partial charge in [-0.25, -0.2) is 0 Å². The van der Waals surface area contributed by atoms with Crippen molar-refractivity contribution in [3.63, 3.8) is 0 Å². The Morgan fingerprint density at radius 2 is 2.24 bits per heavy atom. The van der Waals surface area contributed by atoms with Crippen LogP contribution >= 0.6 is 31.9 Å². The smallest absolute Gasteiger partial charge is 0.224 e. The van der Waals surface area contributed by atoms with Gasteiger partial charge in [-0.1, -0.05) is 50.9 Å². The lowest BCUT2D eigenvalue weighted by Gasteiger charge is -2.15. The van der Waals surface area contributed by atoms with Crippen LogP contribution in [0.3, 0.4) is 0 Å². The number of carbonyl (C=O) groups excluding carboxylic acids is 1. The summed E-state index contributed by atoms with van der Waals surface area (Å²) in [6, 6.07) is 8.12. The normalized spacial score (nSPS) is 12.2. The maximum Gasteiger partial charge on any atom is 0.224 e. The highest BCUT2D eigenvalue weighted by atomic mass is 79.9. The summed E-state index contributed by atoms with van der Waals surface area (Å²) in [4.78, 5) is 11.8. The molecule has 1 amide bonds. The standard InChI is InChI=1S/C13H17Br2NO/c1-2-12(6-7-14)16-13(17)9-10-4-3-5-11(15)8-10/h3-5,8,12H,2,6-7,9H2,1H3,(H,16,17). The van der Waals surface area contributed by atoms with Crippen LogP contribution in [0.15, 0.2) is 28.7 Å². The van der Waals surface area contributed by atoms with Gasteiger partial charge in [-0.2, -0.15) is 0 Å². The number of hydrogen-bond acceptors (Lipinski definition) is 1. The van der Waals surface area contributed by atoms with Crippen molar-refractivity contribution in [1.29, 1.82) is 0 Å². The molecule has 1 rings (SSSR count). The van der Waals surface area contributed by atoms with Crippen LogP contribution in [0.5, 0.6) is 0 Å². The summed E-state index contributed by atoms with van der Waals surface area (Å²) in [6.07, 6.45) is 2.38. The average Bonchev–Trinajstić information content (AvgIpc) is 2.28. The quantitative estimate of drug-likeness (QED) is 0.768. The SMILES string of the molecule is CCC(CCBr)NC(=O)Cc1cccc(Br)c1. The highest BCUT2D eigenvalue weighted by molar-refractivity contribution is 9.10. The van der Waals surface area contributed by atoms with Crippen molar-refractivity contribution >= 4 is 37.8 Å². The molecule has 1 unspecified atom stereocenters. The Balaban J connectivity index is 2.49. The van der Waals surface area contributed by atoms with Crippen LogP contribution in [0, 0.1) is 0 Å². The maximum atomic E-state index is 11.8. The first kappa shape index (κ1) is 14.7. The first-order valence-corrected chi connectivity index (χ1v) is 7.67. The van der Waals surface area contributed by atoms with Gasteiger partial charge >= 0.3 is 0 Å². The lowest BCUT2D eigenvalue weighted by Crippen LogP contribution is -2.35. The van der Waals surface area contributed by atoms with E-state index in [-0.39, 0.29) is 11.9 Å². The molecule has 17 heavy (non-hydrogen) atoms. The van der Waals surface area contributed by atoms with Gasteiger partial charge in [0, 0.05) is 15.8 Å². The van der Waals surface area contributed by atoms with Crippen molar-refractivity contribution in [2.75, 3.05) is 5.33 Å². The monoisotopic (exact) mass is 361 g/mol. The zero-order valence-electron chi connectivity index (χ0n) is 9.88. The zero-order chi connectivity index (χ0) is 12.7. The van der Waals surface area contributed by atoms with E-state index in [9.17, 15) is 4.79 Å². The lowest BCUT2D eigenvalue weighted by atomic mass is 10.1. The van der Waals surface area contributed by atoms with Crippen LogP contribution in [-0.4, -0.2) is 17.3 Å². The molecule has 0 aromatic heterocycles. The van der Waals surface area contributed by atoms with Crippen LogP contribution in [-0.2, 0) is 11.2 Å². The summed E-state index contributed by atoms with van der Waals surface area (Å²) in [7, 11) is 0. The third kappa shape index (κ3) is 5.68. The Kier molecular flexibility index (Phi) is 6.82. The molecule has 94 valence electrons. The zero-order valence-corrected chi connectivity index (χ0v) is 13.1. The van der Waals surface area contributed by atoms with Gasteiger partial charge in [0.15, 0.2) is 0 Å². The molecule has 0 saturated heterocycles. The van der Waals surface area contributed by atoms with Gasteiger partial charge in [-0.05, 0) is 30.5 Å². The van der Waals surface area contributed by atoms with Crippen LogP contribution in [0.25, 0.3) is 0 Å². The topological polar surface area (TPSA) is 29.1 Å². The van der Waals surface area contributed by atoms with Crippen molar-refractivity contribution in [2.45, 2.75) is 32.2 Å². The number of nitrogens with one attached hydrogen (secondary N) is 1. The van der Waals surface area contributed by atoms with E-state index in [1.165, 1.54) is 0 Å². The fraction of sp³-hybridized carbons (Fsp3) is 0.462. The molecule has 0 aliphatic heterocycles. The van der Waals surface area contributed by atoms with Crippen molar-refractivity contribution in [2.24, 2.45) is 0 Å². The number of halogens is 2. The second-order valence-electron chi connectivity index (χ2n) is 3.96. The third-order valence-electron chi connectivity index (χ3n) is 2.57. The van der Waals surface area contributed by atoms with E-state index in [2.05, 4.69) is 44.1 Å². The summed E-state index contributed by atoms with van der Waals surface area (Å²) in [5.74, 6) is 0.0934.